The van der Waals surface area contributed by atoms with Crippen LogP contribution in [0, 0.1) is 0 Å². The van der Waals surface area contributed by atoms with E-state index in [0.717, 1.165) is 24.6 Å². The van der Waals surface area contributed by atoms with Gasteiger partial charge in [0.25, 0.3) is 0 Å². The molecule has 0 spiro atoms. The van der Waals surface area contributed by atoms with Gasteiger partial charge in [-0.2, -0.15) is 0 Å². The molecule has 0 aliphatic carbocycles. The summed E-state index contributed by atoms with van der Waals surface area (Å²) in [4.78, 5) is 2.21. The third-order valence-corrected chi connectivity index (χ3v) is 2.73. The lowest BCUT2D eigenvalue weighted by Gasteiger charge is -2.28. The molecule has 82 valence electrons. The summed E-state index contributed by atoms with van der Waals surface area (Å²) >= 11 is 0. The Morgan fingerprint density at radius 1 is 1.12 bits per heavy atom. The Bertz CT molecular complexity index is 465. The van der Waals surface area contributed by atoms with E-state index in [1.807, 2.05) is 30.3 Å². The Labute approximate surface area is 94.2 Å². The van der Waals surface area contributed by atoms with Crippen molar-refractivity contribution in [3.05, 3.63) is 54.0 Å². The maximum Gasteiger partial charge on any atom is 0.142 e. The number of benzene rings is 1. The van der Waals surface area contributed by atoms with Crippen molar-refractivity contribution >= 4 is 0 Å². The summed E-state index contributed by atoms with van der Waals surface area (Å²) in [6.45, 7) is 2.33. The van der Waals surface area contributed by atoms with Crippen molar-refractivity contribution in [1.29, 1.82) is 0 Å². The fourth-order valence-electron chi connectivity index (χ4n) is 1.95. The van der Waals surface area contributed by atoms with Gasteiger partial charge in [0.1, 0.15) is 18.2 Å². The molecule has 0 bridgehead atoms. The first-order valence-electron chi connectivity index (χ1n) is 5.37. The second-order valence-electron chi connectivity index (χ2n) is 3.95. The number of hydrogen-bond acceptors (Lipinski definition) is 3. The average Bonchev–Trinajstić information content (AvgIpc) is 2.82. The van der Waals surface area contributed by atoms with Crippen molar-refractivity contribution in [3.63, 3.8) is 0 Å². The van der Waals surface area contributed by atoms with E-state index >= 15 is 0 Å². The molecule has 0 atom stereocenters. The zero-order valence-corrected chi connectivity index (χ0v) is 8.93. The molecule has 0 radical (unpaired) electrons. The maximum absolute atomic E-state index is 5.67. The predicted octanol–water partition coefficient (Wildman–Crippen LogP) is 2.63. The van der Waals surface area contributed by atoms with Gasteiger partial charge in [-0.1, -0.05) is 18.2 Å². The van der Waals surface area contributed by atoms with Crippen LogP contribution in [0.4, 0.5) is 0 Å². The summed E-state index contributed by atoms with van der Waals surface area (Å²) in [5.74, 6) is 1.97. The van der Waals surface area contributed by atoms with Gasteiger partial charge < -0.3 is 9.15 Å². The first-order chi connectivity index (χ1) is 7.92. The van der Waals surface area contributed by atoms with Gasteiger partial charge in [0.05, 0.1) is 12.8 Å². The minimum absolute atomic E-state index is 0.623. The Hall–Kier alpha value is -1.74. The summed E-state index contributed by atoms with van der Waals surface area (Å²) < 4.78 is 11.0. The molecule has 1 aliphatic rings. The Morgan fingerprint density at radius 3 is 2.94 bits per heavy atom. The molecule has 2 aromatic rings. The molecule has 0 N–H and O–H groups in total. The smallest absolute Gasteiger partial charge is 0.142 e. The van der Waals surface area contributed by atoms with Gasteiger partial charge in [0.15, 0.2) is 0 Å². The second kappa shape index (κ2) is 4.02. The van der Waals surface area contributed by atoms with E-state index < -0.39 is 0 Å². The normalized spacial score (nSPS) is 15.5. The molecule has 1 aromatic carbocycles. The zero-order chi connectivity index (χ0) is 10.8. The molecule has 3 rings (SSSR count). The van der Waals surface area contributed by atoms with Gasteiger partial charge in [-0.05, 0) is 18.2 Å². The van der Waals surface area contributed by atoms with Crippen LogP contribution < -0.4 is 4.74 Å². The standard InChI is InChI=1S/C13H13NO2/c1-2-6-13-11(4-1)8-14(10-16-13)9-12-5-3-7-15-12/h1-7H,8-10H2. The van der Waals surface area contributed by atoms with E-state index in [-0.39, 0.29) is 0 Å². The largest absolute Gasteiger partial charge is 0.478 e. The maximum atomic E-state index is 5.67. The van der Waals surface area contributed by atoms with Crippen molar-refractivity contribution in [2.45, 2.75) is 13.1 Å². The summed E-state index contributed by atoms with van der Waals surface area (Å²) in [7, 11) is 0. The van der Waals surface area contributed by atoms with Gasteiger partial charge >= 0.3 is 0 Å². The molecule has 1 aliphatic heterocycles. The number of rotatable bonds is 2. The number of hydrogen-bond donors (Lipinski definition) is 0. The Morgan fingerprint density at radius 2 is 2.06 bits per heavy atom. The lowest BCUT2D eigenvalue weighted by Crippen LogP contribution is -2.31. The van der Waals surface area contributed by atoms with Crippen LogP contribution in [0.5, 0.6) is 5.75 Å². The molecule has 0 fully saturated rings. The number of ether oxygens (including phenoxy) is 1. The third-order valence-electron chi connectivity index (χ3n) is 2.73. The van der Waals surface area contributed by atoms with E-state index in [1.54, 1.807) is 6.26 Å². The first-order valence-corrected chi connectivity index (χ1v) is 5.37. The van der Waals surface area contributed by atoms with Gasteiger partial charge in [-0.15, -0.1) is 0 Å². The number of fused-ring (bicyclic) bond motifs is 1. The van der Waals surface area contributed by atoms with Gasteiger partial charge in [-0.3, -0.25) is 4.90 Å². The summed E-state index contributed by atoms with van der Waals surface area (Å²) in [5.41, 5.74) is 1.24. The fraction of sp³-hybridized carbons (Fsp3) is 0.231. The van der Waals surface area contributed by atoms with Crippen LogP contribution in [0.25, 0.3) is 0 Å². The number of para-hydroxylation sites is 1. The lowest BCUT2D eigenvalue weighted by molar-refractivity contribution is 0.0823. The highest BCUT2D eigenvalue weighted by molar-refractivity contribution is 5.34. The van der Waals surface area contributed by atoms with Crippen LogP contribution in [-0.4, -0.2) is 11.6 Å². The fourth-order valence-corrected chi connectivity index (χ4v) is 1.95. The van der Waals surface area contributed by atoms with E-state index in [9.17, 15) is 0 Å². The topological polar surface area (TPSA) is 25.6 Å². The molecular weight excluding hydrogens is 202 g/mol. The molecular formula is C13H13NO2. The van der Waals surface area contributed by atoms with Crippen molar-refractivity contribution in [2.24, 2.45) is 0 Å². The van der Waals surface area contributed by atoms with E-state index in [2.05, 4.69) is 11.0 Å². The average molecular weight is 215 g/mol. The second-order valence-corrected chi connectivity index (χ2v) is 3.95. The highest BCUT2D eigenvalue weighted by Crippen LogP contribution is 2.25. The Kier molecular flexibility index (Phi) is 2.38. The number of furan rings is 1. The van der Waals surface area contributed by atoms with Crippen LogP contribution in [0.2, 0.25) is 0 Å². The highest BCUT2D eigenvalue weighted by Gasteiger charge is 2.17. The summed E-state index contributed by atoms with van der Waals surface area (Å²) in [6.07, 6.45) is 1.70. The molecule has 16 heavy (non-hydrogen) atoms. The van der Waals surface area contributed by atoms with Crippen molar-refractivity contribution in [1.82, 2.24) is 4.90 Å². The highest BCUT2D eigenvalue weighted by atomic mass is 16.5. The van der Waals surface area contributed by atoms with Gasteiger partial charge in [-0.25, -0.2) is 0 Å². The monoisotopic (exact) mass is 215 g/mol. The van der Waals surface area contributed by atoms with Gasteiger partial charge in [0.2, 0.25) is 0 Å². The molecule has 1 aromatic heterocycles. The van der Waals surface area contributed by atoms with Crippen LogP contribution in [-0.2, 0) is 13.1 Å². The Balaban J connectivity index is 1.73. The zero-order valence-electron chi connectivity index (χ0n) is 8.93. The van der Waals surface area contributed by atoms with Crippen LogP contribution in [0.15, 0.2) is 47.1 Å². The van der Waals surface area contributed by atoms with Gasteiger partial charge in [0, 0.05) is 12.1 Å². The first kappa shape index (κ1) is 9.48. The van der Waals surface area contributed by atoms with Crippen LogP contribution >= 0.6 is 0 Å². The van der Waals surface area contributed by atoms with Crippen molar-refractivity contribution in [2.75, 3.05) is 6.73 Å². The molecule has 2 heterocycles. The number of nitrogens with zero attached hydrogens (tertiary/aromatic N) is 1. The van der Waals surface area contributed by atoms with E-state index in [4.69, 9.17) is 9.15 Å². The van der Waals surface area contributed by atoms with Crippen molar-refractivity contribution in [3.8, 4) is 5.75 Å². The van der Waals surface area contributed by atoms with Crippen molar-refractivity contribution < 1.29 is 9.15 Å². The molecule has 0 amide bonds. The van der Waals surface area contributed by atoms with Crippen LogP contribution in [0.3, 0.4) is 0 Å². The molecule has 3 nitrogen and oxygen atoms in total. The summed E-state index contributed by atoms with van der Waals surface area (Å²) in [5, 5.41) is 0. The lowest BCUT2D eigenvalue weighted by atomic mass is 10.1. The van der Waals surface area contributed by atoms with E-state index in [0.29, 0.717) is 6.73 Å². The molecule has 0 saturated heterocycles. The quantitative estimate of drug-likeness (QED) is 0.770. The third kappa shape index (κ3) is 1.82. The molecule has 0 saturated carbocycles. The summed E-state index contributed by atoms with van der Waals surface area (Å²) in [6, 6.07) is 12.1. The SMILES string of the molecule is c1coc(CN2COc3ccccc3C2)c1. The molecule has 3 heteroatoms. The van der Waals surface area contributed by atoms with Crippen LogP contribution in [0.1, 0.15) is 11.3 Å². The van der Waals surface area contributed by atoms with E-state index in [1.165, 1.54) is 5.56 Å². The predicted molar refractivity (Wildman–Crippen MR) is 59.9 cm³/mol. The molecule has 0 unspecified atom stereocenters. The minimum atomic E-state index is 0.623. The minimum Gasteiger partial charge on any atom is -0.478 e.